The molecule has 0 unspecified atom stereocenters. The molecule has 0 fully saturated rings. The lowest BCUT2D eigenvalue weighted by molar-refractivity contribution is 0.711. The summed E-state index contributed by atoms with van der Waals surface area (Å²) in [5, 5.41) is 0. The van der Waals surface area contributed by atoms with Crippen molar-refractivity contribution in [1.29, 1.82) is 0 Å². The number of nitrogens with two attached hydrogens (primary N) is 1. The second kappa shape index (κ2) is 2.92. The van der Waals surface area contributed by atoms with Crippen LogP contribution in [-0.2, 0) is 6.54 Å². The van der Waals surface area contributed by atoms with Gasteiger partial charge in [0.1, 0.15) is 5.82 Å². The van der Waals surface area contributed by atoms with E-state index in [0.29, 0.717) is 6.54 Å². The summed E-state index contributed by atoms with van der Waals surface area (Å²) in [5.74, 6) is 6.03. The van der Waals surface area contributed by atoms with Crippen molar-refractivity contribution in [1.82, 2.24) is 15.4 Å². The first kappa shape index (κ1) is 7.27. The Kier molecular flexibility index (Phi) is 1.77. The summed E-state index contributed by atoms with van der Waals surface area (Å²) < 4.78 is 0. The first-order chi connectivity index (χ1) is 5.90. The van der Waals surface area contributed by atoms with Gasteiger partial charge in [-0.1, -0.05) is 12.1 Å². The second-order valence-corrected chi connectivity index (χ2v) is 2.58. The highest BCUT2D eigenvalue weighted by atomic mass is 15.2. The van der Waals surface area contributed by atoms with Crippen molar-refractivity contribution in [2.24, 2.45) is 5.84 Å². The molecule has 62 valence electrons. The molecule has 0 aliphatic heterocycles. The van der Waals surface area contributed by atoms with Crippen LogP contribution in [0.25, 0.3) is 11.0 Å². The van der Waals surface area contributed by atoms with Crippen molar-refractivity contribution >= 4 is 11.0 Å². The number of nitrogens with zero attached hydrogens (tertiary/aromatic N) is 1. The predicted octanol–water partition coefficient (Wildman–Crippen LogP) is 0.526. The SMILES string of the molecule is NNCc1nc2ccccc2[nH]1. The molecule has 0 aliphatic carbocycles. The van der Waals surface area contributed by atoms with E-state index in [2.05, 4.69) is 15.4 Å². The van der Waals surface area contributed by atoms with E-state index in [1.165, 1.54) is 0 Å². The molecule has 0 saturated carbocycles. The average molecular weight is 162 g/mol. The monoisotopic (exact) mass is 162 g/mol. The number of aromatic nitrogens is 2. The molecule has 0 bridgehead atoms. The molecule has 4 nitrogen and oxygen atoms in total. The lowest BCUT2D eigenvalue weighted by Crippen LogP contribution is -2.21. The van der Waals surface area contributed by atoms with Crippen LogP contribution in [0.1, 0.15) is 5.82 Å². The van der Waals surface area contributed by atoms with Crippen molar-refractivity contribution in [3.8, 4) is 0 Å². The fourth-order valence-corrected chi connectivity index (χ4v) is 1.19. The van der Waals surface area contributed by atoms with Gasteiger partial charge in [0, 0.05) is 0 Å². The number of benzene rings is 1. The maximum atomic E-state index is 5.17. The number of aromatic amines is 1. The van der Waals surface area contributed by atoms with Crippen LogP contribution in [0.3, 0.4) is 0 Å². The van der Waals surface area contributed by atoms with Crippen molar-refractivity contribution in [3.05, 3.63) is 30.1 Å². The minimum atomic E-state index is 0.564. The zero-order chi connectivity index (χ0) is 8.39. The highest BCUT2D eigenvalue weighted by Gasteiger charge is 1.98. The minimum Gasteiger partial charge on any atom is -0.341 e. The zero-order valence-electron chi connectivity index (χ0n) is 6.54. The molecule has 2 rings (SSSR count). The van der Waals surface area contributed by atoms with Gasteiger partial charge >= 0.3 is 0 Å². The lowest BCUT2D eigenvalue weighted by atomic mass is 10.3. The Morgan fingerprint density at radius 2 is 2.25 bits per heavy atom. The molecule has 1 aromatic heterocycles. The number of hydrogen-bond acceptors (Lipinski definition) is 3. The summed E-state index contributed by atoms with van der Waals surface area (Å²) in [7, 11) is 0. The van der Waals surface area contributed by atoms with Crippen LogP contribution >= 0.6 is 0 Å². The van der Waals surface area contributed by atoms with Crippen molar-refractivity contribution in [2.45, 2.75) is 6.54 Å². The van der Waals surface area contributed by atoms with Gasteiger partial charge in [0.05, 0.1) is 17.6 Å². The fourth-order valence-electron chi connectivity index (χ4n) is 1.19. The number of rotatable bonds is 2. The number of nitrogens with one attached hydrogen (secondary N) is 2. The topological polar surface area (TPSA) is 66.7 Å². The molecule has 0 amide bonds. The van der Waals surface area contributed by atoms with E-state index in [4.69, 9.17) is 5.84 Å². The van der Waals surface area contributed by atoms with E-state index in [9.17, 15) is 0 Å². The first-order valence-electron chi connectivity index (χ1n) is 3.77. The number of hydrogen-bond donors (Lipinski definition) is 3. The average Bonchev–Trinajstić information content (AvgIpc) is 2.47. The van der Waals surface area contributed by atoms with Crippen LogP contribution in [0.15, 0.2) is 24.3 Å². The Bertz CT molecular complexity index is 346. The number of para-hydroxylation sites is 2. The fraction of sp³-hybridized carbons (Fsp3) is 0.125. The highest BCUT2D eigenvalue weighted by Crippen LogP contribution is 2.09. The summed E-state index contributed by atoms with van der Waals surface area (Å²) in [6.07, 6.45) is 0. The van der Waals surface area contributed by atoms with Crippen LogP contribution in [0.2, 0.25) is 0 Å². The van der Waals surface area contributed by atoms with Crippen LogP contribution in [0.4, 0.5) is 0 Å². The van der Waals surface area contributed by atoms with E-state index in [1.807, 2.05) is 24.3 Å². The normalized spacial score (nSPS) is 10.8. The third kappa shape index (κ3) is 1.17. The van der Waals surface area contributed by atoms with Gasteiger partial charge in [-0.3, -0.25) is 11.3 Å². The summed E-state index contributed by atoms with van der Waals surface area (Å²) in [6.45, 7) is 0.564. The first-order valence-corrected chi connectivity index (χ1v) is 3.77. The van der Waals surface area contributed by atoms with Gasteiger partial charge in [-0.15, -0.1) is 0 Å². The third-order valence-corrected chi connectivity index (χ3v) is 1.71. The summed E-state index contributed by atoms with van der Waals surface area (Å²) in [6, 6.07) is 7.89. The van der Waals surface area contributed by atoms with Crippen LogP contribution in [-0.4, -0.2) is 9.97 Å². The number of H-pyrrole nitrogens is 1. The highest BCUT2D eigenvalue weighted by molar-refractivity contribution is 5.74. The maximum Gasteiger partial charge on any atom is 0.122 e. The second-order valence-electron chi connectivity index (χ2n) is 2.58. The van der Waals surface area contributed by atoms with Gasteiger partial charge in [0.2, 0.25) is 0 Å². The lowest BCUT2D eigenvalue weighted by Gasteiger charge is -1.89. The van der Waals surface area contributed by atoms with Crippen molar-refractivity contribution in [3.63, 3.8) is 0 Å². The molecule has 1 heterocycles. The summed E-state index contributed by atoms with van der Waals surface area (Å²) >= 11 is 0. The van der Waals surface area contributed by atoms with Gasteiger partial charge in [0.25, 0.3) is 0 Å². The molecule has 4 heteroatoms. The van der Waals surface area contributed by atoms with Crippen molar-refractivity contribution in [2.75, 3.05) is 0 Å². The zero-order valence-corrected chi connectivity index (χ0v) is 6.54. The van der Waals surface area contributed by atoms with Crippen molar-refractivity contribution < 1.29 is 0 Å². The summed E-state index contributed by atoms with van der Waals surface area (Å²) in [4.78, 5) is 7.45. The number of imidazole rings is 1. The maximum absolute atomic E-state index is 5.17. The molecule has 1 aromatic carbocycles. The van der Waals surface area contributed by atoms with Gasteiger partial charge in [0.15, 0.2) is 0 Å². The Morgan fingerprint density at radius 1 is 1.42 bits per heavy atom. The molecule has 4 N–H and O–H groups in total. The number of fused-ring (bicyclic) bond motifs is 1. The molecular formula is C8H10N4. The minimum absolute atomic E-state index is 0.564. The van der Waals surface area contributed by atoms with Gasteiger partial charge < -0.3 is 4.98 Å². The van der Waals surface area contributed by atoms with E-state index in [1.54, 1.807) is 0 Å². The summed E-state index contributed by atoms with van der Waals surface area (Å²) in [5.41, 5.74) is 4.57. The Balaban J connectivity index is 2.47. The third-order valence-electron chi connectivity index (χ3n) is 1.71. The van der Waals surface area contributed by atoms with Gasteiger partial charge in [-0.25, -0.2) is 4.98 Å². The predicted molar refractivity (Wildman–Crippen MR) is 47.1 cm³/mol. The Morgan fingerprint density at radius 3 is 3.00 bits per heavy atom. The Labute approximate surface area is 69.8 Å². The van der Waals surface area contributed by atoms with Crippen LogP contribution in [0.5, 0.6) is 0 Å². The molecule has 12 heavy (non-hydrogen) atoms. The standard InChI is InChI=1S/C8H10N4/c9-10-5-8-11-6-3-1-2-4-7(6)12-8/h1-4,10H,5,9H2,(H,11,12). The largest absolute Gasteiger partial charge is 0.341 e. The van der Waals surface area contributed by atoms with E-state index < -0.39 is 0 Å². The van der Waals surface area contributed by atoms with E-state index in [0.717, 1.165) is 16.9 Å². The van der Waals surface area contributed by atoms with E-state index >= 15 is 0 Å². The van der Waals surface area contributed by atoms with Crippen LogP contribution < -0.4 is 11.3 Å². The van der Waals surface area contributed by atoms with E-state index in [-0.39, 0.29) is 0 Å². The molecular weight excluding hydrogens is 152 g/mol. The smallest absolute Gasteiger partial charge is 0.122 e. The quantitative estimate of drug-likeness (QED) is 0.445. The molecule has 0 aliphatic rings. The Hall–Kier alpha value is -1.39. The molecule has 0 atom stereocenters. The molecule has 0 saturated heterocycles. The van der Waals surface area contributed by atoms with Gasteiger partial charge in [-0.2, -0.15) is 0 Å². The molecule has 0 radical (unpaired) electrons. The van der Waals surface area contributed by atoms with Gasteiger partial charge in [-0.05, 0) is 12.1 Å². The molecule has 0 spiro atoms. The van der Waals surface area contributed by atoms with Crippen LogP contribution in [0, 0.1) is 0 Å². The molecule has 2 aromatic rings. The number of hydrazine groups is 1.